The molecule has 0 spiro atoms. The van der Waals surface area contributed by atoms with Gasteiger partial charge in [-0.2, -0.15) is 0 Å². The highest BCUT2D eigenvalue weighted by Crippen LogP contribution is 2.37. The molecule has 1 aromatic carbocycles. The van der Waals surface area contributed by atoms with E-state index in [1.165, 1.54) is 16.2 Å². The molecule has 0 bridgehead atoms. The van der Waals surface area contributed by atoms with Crippen molar-refractivity contribution in [2.24, 2.45) is 0 Å². The first-order valence-electron chi connectivity index (χ1n) is 8.25. The first-order valence-corrected chi connectivity index (χ1v) is 9.07. The molecule has 8 heteroatoms. The number of amides is 1. The van der Waals surface area contributed by atoms with Gasteiger partial charge in [-0.3, -0.25) is 4.79 Å². The molecule has 1 amide bonds. The number of benzene rings is 1. The van der Waals surface area contributed by atoms with Crippen molar-refractivity contribution in [3.63, 3.8) is 0 Å². The predicted molar refractivity (Wildman–Crippen MR) is 94.0 cm³/mol. The molecule has 1 saturated heterocycles. The van der Waals surface area contributed by atoms with Crippen LogP contribution in [0.5, 0.6) is 11.5 Å². The average molecular weight is 375 g/mol. The van der Waals surface area contributed by atoms with Gasteiger partial charge < -0.3 is 24.2 Å². The summed E-state index contributed by atoms with van der Waals surface area (Å²) >= 11 is 1.37. The molecule has 1 fully saturated rings. The molecule has 7 nitrogen and oxygen atoms in total. The van der Waals surface area contributed by atoms with Crippen molar-refractivity contribution < 1.29 is 28.9 Å². The summed E-state index contributed by atoms with van der Waals surface area (Å²) in [5, 5.41) is 9.08. The number of carbonyl (C=O) groups is 2. The zero-order valence-electron chi connectivity index (χ0n) is 13.8. The Balaban J connectivity index is 1.52. The van der Waals surface area contributed by atoms with Crippen molar-refractivity contribution >= 4 is 23.2 Å². The van der Waals surface area contributed by atoms with Gasteiger partial charge in [0.15, 0.2) is 17.6 Å². The van der Waals surface area contributed by atoms with E-state index in [2.05, 4.69) is 0 Å². The fraction of sp³-hybridized carbons (Fsp3) is 0.333. The van der Waals surface area contributed by atoms with Crippen LogP contribution in [-0.4, -0.2) is 60.9 Å². The molecule has 1 N–H and O–H groups in total. The zero-order valence-corrected chi connectivity index (χ0v) is 14.7. The summed E-state index contributed by atoms with van der Waals surface area (Å²) in [6.45, 7) is 1.74. The number of thiophene rings is 1. The fourth-order valence-corrected chi connectivity index (χ4v) is 3.91. The van der Waals surface area contributed by atoms with Gasteiger partial charge in [-0.05, 0) is 35.9 Å². The number of morpholine rings is 1. The molecule has 0 radical (unpaired) electrons. The molecule has 0 saturated carbocycles. The Kier molecular flexibility index (Phi) is 4.52. The summed E-state index contributed by atoms with van der Waals surface area (Å²) in [7, 11) is 0. The number of rotatable bonds is 3. The van der Waals surface area contributed by atoms with Gasteiger partial charge in [-0.25, -0.2) is 4.79 Å². The van der Waals surface area contributed by atoms with Gasteiger partial charge in [0, 0.05) is 11.4 Å². The lowest BCUT2D eigenvalue weighted by molar-refractivity contribution is -0.154. The lowest BCUT2D eigenvalue weighted by Gasteiger charge is -2.30. The summed E-state index contributed by atoms with van der Waals surface area (Å²) in [5.41, 5.74) is 0.948. The van der Waals surface area contributed by atoms with E-state index in [4.69, 9.17) is 19.3 Å². The third-order valence-corrected chi connectivity index (χ3v) is 5.39. The normalized spacial score (nSPS) is 19.2. The van der Waals surface area contributed by atoms with Gasteiger partial charge in [-0.15, -0.1) is 11.3 Å². The maximum absolute atomic E-state index is 12.7. The summed E-state index contributed by atoms with van der Waals surface area (Å²) in [6.07, 6.45) is -0.968. The molecule has 2 aromatic rings. The van der Waals surface area contributed by atoms with Crippen LogP contribution in [0, 0.1) is 0 Å². The fourth-order valence-electron chi connectivity index (χ4n) is 2.94. The molecule has 1 unspecified atom stereocenters. The molecule has 3 heterocycles. The summed E-state index contributed by atoms with van der Waals surface area (Å²) in [4.78, 5) is 26.8. The highest BCUT2D eigenvalue weighted by atomic mass is 32.1. The molecule has 1 atom stereocenters. The van der Waals surface area contributed by atoms with Crippen molar-refractivity contribution in [1.82, 2.24) is 4.90 Å². The summed E-state index contributed by atoms with van der Waals surface area (Å²) < 4.78 is 16.3. The largest absolute Gasteiger partial charge is 0.486 e. The van der Waals surface area contributed by atoms with Crippen LogP contribution in [0.2, 0.25) is 0 Å². The molecule has 4 rings (SSSR count). The van der Waals surface area contributed by atoms with Crippen LogP contribution >= 0.6 is 11.3 Å². The SMILES string of the molecule is O=C(O)C1CN(C(=O)c2ccc(-c3ccc4c(c3)OCCO4)s2)CCO1. The monoisotopic (exact) mass is 375 g/mol. The highest BCUT2D eigenvalue weighted by Gasteiger charge is 2.30. The van der Waals surface area contributed by atoms with Crippen LogP contribution in [0.25, 0.3) is 10.4 Å². The maximum atomic E-state index is 12.7. The first-order chi connectivity index (χ1) is 12.6. The van der Waals surface area contributed by atoms with Crippen LogP contribution < -0.4 is 9.47 Å². The number of carboxylic acid groups (broad SMARTS) is 1. The van der Waals surface area contributed by atoms with Crippen molar-refractivity contribution in [2.45, 2.75) is 6.10 Å². The minimum absolute atomic E-state index is 0.0609. The number of hydrogen-bond acceptors (Lipinski definition) is 6. The van der Waals surface area contributed by atoms with E-state index >= 15 is 0 Å². The smallest absolute Gasteiger partial charge is 0.334 e. The Labute approximate surface area is 153 Å². The minimum atomic E-state index is -1.05. The zero-order chi connectivity index (χ0) is 18.1. The van der Waals surface area contributed by atoms with E-state index < -0.39 is 12.1 Å². The van der Waals surface area contributed by atoms with Gasteiger partial charge in [-0.1, -0.05) is 0 Å². The molecular weight excluding hydrogens is 358 g/mol. The lowest BCUT2D eigenvalue weighted by atomic mass is 10.1. The van der Waals surface area contributed by atoms with E-state index in [-0.39, 0.29) is 19.1 Å². The highest BCUT2D eigenvalue weighted by molar-refractivity contribution is 7.17. The second-order valence-corrected chi connectivity index (χ2v) is 7.05. The molecular formula is C18H17NO6S. The predicted octanol–water partition coefficient (Wildman–Crippen LogP) is 2.11. The van der Waals surface area contributed by atoms with Crippen LogP contribution in [0.3, 0.4) is 0 Å². The van der Waals surface area contributed by atoms with Crippen molar-refractivity contribution in [1.29, 1.82) is 0 Å². The van der Waals surface area contributed by atoms with Gasteiger partial charge in [0.1, 0.15) is 13.2 Å². The number of fused-ring (bicyclic) bond motifs is 1. The number of aliphatic carboxylic acids is 1. The van der Waals surface area contributed by atoms with Crippen LogP contribution in [0.1, 0.15) is 9.67 Å². The average Bonchev–Trinajstić information content (AvgIpc) is 3.17. The molecule has 0 aliphatic carbocycles. The van der Waals surface area contributed by atoms with E-state index in [0.717, 1.165) is 16.2 Å². The number of carbonyl (C=O) groups excluding carboxylic acids is 1. The van der Waals surface area contributed by atoms with E-state index in [0.29, 0.717) is 30.4 Å². The Morgan fingerprint density at radius 2 is 1.88 bits per heavy atom. The molecule has 26 heavy (non-hydrogen) atoms. The number of nitrogens with zero attached hydrogens (tertiary/aromatic N) is 1. The topological polar surface area (TPSA) is 85.3 Å². The van der Waals surface area contributed by atoms with E-state index in [9.17, 15) is 9.59 Å². The lowest BCUT2D eigenvalue weighted by Crippen LogP contribution is -2.48. The standard InChI is InChI=1S/C18H17NO6S/c20-17(19-5-6-23-14(10-19)18(21)22)16-4-3-15(26-16)11-1-2-12-13(9-11)25-8-7-24-12/h1-4,9,14H,5-8,10H2,(H,21,22). The van der Waals surface area contributed by atoms with Crippen molar-refractivity contribution in [2.75, 3.05) is 32.9 Å². The van der Waals surface area contributed by atoms with Crippen LogP contribution in [0.15, 0.2) is 30.3 Å². The third-order valence-electron chi connectivity index (χ3n) is 4.27. The van der Waals surface area contributed by atoms with Gasteiger partial charge >= 0.3 is 5.97 Å². The Hall–Kier alpha value is -2.58. The first kappa shape index (κ1) is 16.9. The van der Waals surface area contributed by atoms with E-state index in [1.54, 1.807) is 6.07 Å². The third kappa shape index (κ3) is 3.25. The Morgan fingerprint density at radius 1 is 1.08 bits per heavy atom. The van der Waals surface area contributed by atoms with E-state index in [1.807, 2.05) is 24.3 Å². The molecule has 2 aliphatic rings. The number of ether oxygens (including phenoxy) is 3. The van der Waals surface area contributed by atoms with Gasteiger partial charge in [0.2, 0.25) is 0 Å². The summed E-state index contributed by atoms with van der Waals surface area (Å²) in [5.74, 6) is 0.201. The Morgan fingerprint density at radius 3 is 2.69 bits per heavy atom. The van der Waals surface area contributed by atoms with Gasteiger partial charge in [0.05, 0.1) is 18.0 Å². The summed E-state index contributed by atoms with van der Waals surface area (Å²) in [6, 6.07) is 9.36. The number of hydrogen-bond donors (Lipinski definition) is 1. The maximum Gasteiger partial charge on any atom is 0.334 e. The second-order valence-electron chi connectivity index (χ2n) is 5.97. The van der Waals surface area contributed by atoms with Crippen LogP contribution in [0.4, 0.5) is 0 Å². The minimum Gasteiger partial charge on any atom is -0.486 e. The van der Waals surface area contributed by atoms with Crippen molar-refractivity contribution in [3.05, 3.63) is 35.2 Å². The Bertz CT molecular complexity index is 848. The van der Waals surface area contributed by atoms with Crippen LogP contribution in [-0.2, 0) is 9.53 Å². The second kappa shape index (κ2) is 6.97. The number of carboxylic acids is 1. The quantitative estimate of drug-likeness (QED) is 0.884. The molecule has 1 aromatic heterocycles. The van der Waals surface area contributed by atoms with Crippen molar-refractivity contribution in [3.8, 4) is 21.9 Å². The molecule has 136 valence electrons. The molecule has 2 aliphatic heterocycles. The van der Waals surface area contributed by atoms with Gasteiger partial charge in [0.25, 0.3) is 5.91 Å².